The van der Waals surface area contributed by atoms with Gasteiger partial charge in [0.2, 0.25) is 5.78 Å². The summed E-state index contributed by atoms with van der Waals surface area (Å²) in [6, 6.07) is 5.00. The molecule has 0 saturated heterocycles. The van der Waals surface area contributed by atoms with E-state index in [1.807, 2.05) is 0 Å². The fourth-order valence-corrected chi connectivity index (χ4v) is 1.32. The molecular weight excluding hydrogens is 226 g/mol. The summed E-state index contributed by atoms with van der Waals surface area (Å²) in [5.74, 6) is -0.208. The van der Waals surface area contributed by atoms with Crippen LogP contribution in [0.25, 0.3) is 0 Å². The molecular formula is C11H8ClN3O. The van der Waals surface area contributed by atoms with Crippen molar-refractivity contribution in [1.29, 1.82) is 0 Å². The van der Waals surface area contributed by atoms with E-state index < -0.39 is 0 Å². The SMILES string of the molecule is Cc1cc(C(=O)c2cccnc2)nnc1Cl. The van der Waals surface area contributed by atoms with Crippen LogP contribution in [0.15, 0.2) is 30.6 Å². The fourth-order valence-electron chi connectivity index (χ4n) is 1.23. The van der Waals surface area contributed by atoms with Crippen LogP contribution in [0.3, 0.4) is 0 Å². The molecule has 2 heterocycles. The van der Waals surface area contributed by atoms with Crippen LogP contribution in [-0.2, 0) is 0 Å². The molecule has 0 spiro atoms. The van der Waals surface area contributed by atoms with E-state index in [1.165, 1.54) is 6.20 Å². The Bertz CT molecular complexity index is 528. The molecule has 0 radical (unpaired) electrons. The average Bonchev–Trinajstić information content (AvgIpc) is 2.33. The van der Waals surface area contributed by atoms with E-state index in [9.17, 15) is 4.79 Å². The molecule has 0 amide bonds. The smallest absolute Gasteiger partial charge is 0.214 e. The number of carbonyl (C=O) groups is 1. The summed E-state index contributed by atoms with van der Waals surface area (Å²) < 4.78 is 0. The second-order valence-corrected chi connectivity index (χ2v) is 3.63. The maximum absolute atomic E-state index is 11.9. The van der Waals surface area contributed by atoms with Gasteiger partial charge in [0.15, 0.2) is 5.15 Å². The number of hydrogen-bond acceptors (Lipinski definition) is 4. The summed E-state index contributed by atoms with van der Waals surface area (Å²) in [6.07, 6.45) is 3.10. The van der Waals surface area contributed by atoms with E-state index in [4.69, 9.17) is 11.6 Å². The van der Waals surface area contributed by atoms with Crippen molar-refractivity contribution in [2.75, 3.05) is 0 Å². The topological polar surface area (TPSA) is 55.7 Å². The Morgan fingerprint density at radius 3 is 2.81 bits per heavy atom. The van der Waals surface area contributed by atoms with Crippen LogP contribution in [0.2, 0.25) is 5.15 Å². The third-order valence-electron chi connectivity index (χ3n) is 2.08. The molecule has 0 aliphatic heterocycles. The van der Waals surface area contributed by atoms with Gasteiger partial charge in [0.05, 0.1) is 0 Å². The zero-order valence-electron chi connectivity index (χ0n) is 8.51. The normalized spacial score (nSPS) is 10.1. The monoisotopic (exact) mass is 233 g/mol. The Morgan fingerprint density at radius 2 is 2.19 bits per heavy atom. The Hall–Kier alpha value is -1.81. The minimum absolute atomic E-state index is 0.208. The number of ketones is 1. The van der Waals surface area contributed by atoms with Crippen LogP contribution in [0.4, 0.5) is 0 Å². The van der Waals surface area contributed by atoms with Gasteiger partial charge in [0.1, 0.15) is 5.69 Å². The lowest BCUT2D eigenvalue weighted by molar-refractivity contribution is 0.103. The molecule has 0 aromatic carbocycles. The van der Waals surface area contributed by atoms with Crippen molar-refractivity contribution < 1.29 is 4.79 Å². The standard InChI is InChI=1S/C11H8ClN3O/c1-7-5-9(14-15-11(7)12)10(16)8-3-2-4-13-6-8/h2-6H,1H3. The molecule has 0 aliphatic carbocycles. The molecule has 0 unspecified atom stereocenters. The minimum Gasteiger partial charge on any atom is -0.287 e. The van der Waals surface area contributed by atoms with E-state index >= 15 is 0 Å². The summed E-state index contributed by atoms with van der Waals surface area (Å²) in [6.45, 7) is 1.77. The van der Waals surface area contributed by atoms with E-state index in [0.29, 0.717) is 10.7 Å². The van der Waals surface area contributed by atoms with Crippen LogP contribution in [0.5, 0.6) is 0 Å². The highest BCUT2D eigenvalue weighted by Crippen LogP contribution is 2.13. The minimum atomic E-state index is -0.208. The number of aryl methyl sites for hydroxylation is 1. The van der Waals surface area contributed by atoms with Gasteiger partial charge in [0, 0.05) is 18.0 Å². The van der Waals surface area contributed by atoms with Gasteiger partial charge in [-0.05, 0) is 30.7 Å². The number of aromatic nitrogens is 3. The Morgan fingerprint density at radius 1 is 1.38 bits per heavy atom. The van der Waals surface area contributed by atoms with Crippen molar-refractivity contribution in [3.05, 3.63) is 52.6 Å². The van der Waals surface area contributed by atoms with Gasteiger partial charge < -0.3 is 0 Å². The molecule has 16 heavy (non-hydrogen) atoms. The second-order valence-electron chi connectivity index (χ2n) is 3.27. The van der Waals surface area contributed by atoms with Crippen molar-refractivity contribution in [2.24, 2.45) is 0 Å². The lowest BCUT2D eigenvalue weighted by atomic mass is 10.1. The van der Waals surface area contributed by atoms with Gasteiger partial charge in [-0.2, -0.15) is 0 Å². The molecule has 2 rings (SSSR count). The summed E-state index contributed by atoms with van der Waals surface area (Å²) in [4.78, 5) is 15.8. The van der Waals surface area contributed by atoms with Gasteiger partial charge in [-0.15, -0.1) is 10.2 Å². The van der Waals surface area contributed by atoms with Gasteiger partial charge in [-0.3, -0.25) is 9.78 Å². The van der Waals surface area contributed by atoms with E-state index in [-0.39, 0.29) is 11.5 Å². The Kier molecular flexibility index (Phi) is 2.92. The predicted molar refractivity (Wildman–Crippen MR) is 59.4 cm³/mol. The van der Waals surface area contributed by atoms with E-state index in [0.717, 1.165) is 5.56 Å². The largest absolute Gasteiger partial charge is 0.287 e. The zero-order chi connectivity index (χ0) is 11.5. The first kappa shape index (κ1) is 10.7. The number of halogens is 1. The van der Waals surface area contributed by atoms with E-state index in [2.05, 4.69) is 15.2 Å². The first-order valence-corrected chi connectivity index (χ1v) is 5.01. The van der Waals surface area contributed by atoms with Crippen LogP contribution in [0, 0.1) is 6.92 Å². The van der Waals surface area contributed by atoms with Crippen LogP contribution < -0.4 is 0 Å². The van der Waals surface area contributed by atoms with Crippen molar-refractivity contribution in [1.82, 2.24) is 15.2 Å². The highest BCUT2D eigenvalue weighted by Gasteiger charge is 2.12. The highest BCUT2D eigenvalue weighted by atomic mass is 35.5. The lowest BCUT2D eigenvalue weighted by Crippen LogP contribution is -2.06. The molecule has 0 bridgehead atoms. The first-order chi connectivity index (χ1) is 7.68. The van der Waals surface area contributed by atoms with Gasteiger partial charge in [0.25, 0.3) is 0 Å². The molecule has 0 saturated carbocycles. The molecule has 2 aromatic rings. The highest BCUT2D eigenvalue weighted by molar-refractivity contribution is 6.30. The number of nitrogens with zero attached hydrogens (tertiary/aromatic N) is 3. The fraction of sp³-hybridized carbons (Fsp3) is 0.0909. The summed E-state index contributed by atoms with van der Waals surface area (Å²) >= 11 is 5.73. The molecule has 0 aliphatic rings. The molecule has 4 nitrogen and oxygen atoms in total. The van der Waals surface area contributed by atoms with Crippen LogP contribution in [-0.4, -0.2) is 21.0 Å². The zero-order valence-corrected chi connectivity index (χ0v) is 9.27. The Balaban J connectivity index is 2.39. The number of carbonyl (C=O) groups excluding carboxylic acids is 1. The first-order valence-electron chi connectivity index (χ1n) is 4.63. The van der Waals surface area contributed by atoms with Crippen LogP contribution >= 0.6 is 11.6 Å². The van der Waals surface area contributed by atoms with Gasteiger partial charge in [-0.25, -0.2) is 0 Å². The van der Waals surface area contributed by atoms with Gasteiger partial charge in [-0.1, -0.05) is 11.6 Å². The maximum atomic E-state index is 11.9. The quantitative estimate of drug-likeness (QED) is 0.745. The number of hydrogen-bond donors (Lipinski definition) is 0. The molecule has 2 aromatic heterocycles. The average molecular weight is 234 g/mol. The van der Waals surface area contributed by atoms with Gasteiger partial charge >= 0.3 is 0 Å². The second kappa shape index (κ2) is 4.37. The maximum Gasteiger partial charge on any atom is 0.214 e. The Labute approximate surface area is 97.3 Å². The predicted octanol–water partition coefficient (Wildman–Crippen LogP) is 2.06. The third kappa shape index (κ3) is 2.06. The third-order valence-corrected chi connectivity index (χ3v) is 2.45. The van der Waals surface area contributed by atoms with Crippen molar-refractivity contribution in [3.63, 3.8) is 0 Å². The summed E-state index contributed by atoms with van der Waals surface area (Å²) in [5, 5.41) is 7.76. The van der Waals surface area contributed by atoms with Crippen LogP contribution in [0.1, 0.15) is 21.6 Å². The molecule has 0 N–H and O–H groups in total. The van der Waals surface area contributed by atoms with E-state index in [1.54, 1.807) is 31.3 Å². The number of pyridine rings is 1. The molecule has 80 valence electrons. The molecule has 0 atom stereocenters. The molecule has 0 fully saturated rings. The van der Waals surface area contributed by atoms with Crippen molar-refractivity contribution >= 4 is 17.4 Å². The summed E-state index contributed by atoms with van der Waals surface area (Å²) in [7, 11) is 0. The van der Waals surface area contributed by atoms with Crippen molar-refractivity contribution in [2.45, 2.75) is 6.92 Å². The molecule has 5 heteroatoms. The lowest BCUT2D eigenvalue weighted by Gasteiger charge is -2.00. The number of rotatable bonds is 2. The summed E-state index contributed by atoms with van der Waals surface area (Å²) in [5.41, 5.74) is 1.48. The van der Waals surface area contributed by atoms with Crippen molar-refractivity contribution in [3.8, 4) is 0 Å².